The molecule has 0 fully saturated rings. The fourth-order valence-electron chi connectivity index (χ4n) is 1.45. The highest BCUT2D eigenvalue weighted by molar-refractivity contribution is 5.77. The van der Waals surface area contributed by atoms with Gasteiger partial charge in [-0.15, -0.1) is 0 Å². The van der Waals surface area contributed by atoms with Crippen LogP contribution in [0.5, 0.6) is 0 Å². The van der Waals surface area contributed by atoms with Crippen molar-refractivity contribution in [2.75, 3.05) is 39.9 Å². The Balaban J connectivity index is 3.67. The summed E-state index contributed by atoms with van der Waals surface area (Å²) in [6.45, 7) is 7.92. The number of nitrogens with one attached hydrogen (secondary N) is 1. The second kappa shape index (κ2) is 9.93. The highest BCUT2D eigenvalue weighted by Gasteiger charge is 2.07. The zero-order valence-corrected chi connectivity index (χ0v) is 10.2. The summed E-state index contributed by atoms with van der Waals surface area (Å²) in [7, 11) is 1.63. The highest BCUT2D eigenvalue weighted by atomic mass is 16.5. The molecule has 0 aliphatic rings. The molecule has 0 rings (SSSR count). The molecular weight excluding hydrogens is 192 g/mol. The van der Waals surface area contributed by atoms with Gasteiger partial charge in [0.2, 0.25) is 5.91 Å². The monoisotopic (exact) mass is 216 g/mol. The average Bonchev–Trinajstić information content (AvgIpc) is 2.19. The van der Waals surface area contributed by atoms with E-state index in [1.807, 2.05) is 0 Å². The molecule has 1 amide bonds. The first-order chi connectivity index (χ1) is 7.24. The van der Waals surface area contributed by atoms with Crippen molar-refractivity contribution in [3.05, 3.63) is 0 Å². The number of nitrogens with zero attached hydrogens (tertiary/aromatic N) is 1. The fourth-order valence-corrected chi connectivity index (χ4v) is 1.45. The maximum Gasteiger partial charge on any atom is 0.234 e. The average molecular weight is 216 g/mol. The van der Waals surface area contributed by atoms with Crippen LogP contribution in [0.4, 0.5) is 0 Å². The van der Waals surface area contributed by atoms with Crippen LogP contribution in [0, 0.1) is 0 Å². The van der Waals surface area contributed by atoms with Gasteiger partial charge in [0, 0.05) is 13.7 Å². The summed E-state index contributed by atoms with van der Waals surface area (Å²) in [5.41, 5.74) is 0. The molecule has 0 radical (unpaired) electrons. The molecule has 0 atom stereocenters. The van der Waals surface area contributed by atoms with Crippen molar-refractivity contribution in [3.63, 3.8) is 0 Å². The number of ether oxygens (including phenoxy) is 1. The van der Waals surface area contributed by atoms with Crippen LogP contribution >= 0.6 is 0 Å². The standard InChI is InChI=1S/C11H24N2O2/c1-4-7-13(8-5-2)10-11(14)12-6-9-15-3/h4-10H2,1-3H3,(H,12,14). The van der Waals surface area contributed by atoms with E-state index in [1.54, 1.807) is 7.11 Å². The van der Waals surface area contributed by atoms with Gasteiger partial charge in [-0.3, -0.25) is 9.69 Å². The van der Waals surface area contributed by atoms with Crippen molar-refractivity contribution in [2.45, 2.75) is 26.7 Å². The van der Waals surface area contributed by atoms with E-state index in [1.165, 1.54) is 0 Å². The highest BCUT2D eigenvalue weighted by Crippen LogP contribution is 1.93. The lowest BCUT2D eigenvalue weighted by atomic mass is 10.3. The van der Waals surface area contributed by atoms with Gasteiger partial charge in [-0.25, -0.2) is 0 Å². The lowest BCUT2D eigenvalue weighted by Crippen LogP contribution is -2.39. The summed E-state index contributed by atoms with van der Waals surface area (Å²) >= 11 is 0. The Morgan fingerprint density at radius 2 is 1.87 bits per heavy atom. The van der Waals surface area contributed by atoms with E-state index in [2.05, 4.69) is 24.1 Å². The molecule has 4 nitrogen and oxygen atoms in total. The minimum atomic E-state index is 0.0916. The Kier molecular flexibility index (Phi) is 9.52. The van der Waals surface area contributed by atoms with Crippen LogP contribution in [0.25, 0.3) is 0 Å². The summed E-state index contributed by atoms with van der Waals surface area (Å²) in [5, 5.41) is 2.83. The van der Waals surface area contributed by atoms with E-state index < -0.39 is 0 Å². The normalized spacial score (nSPS) is 10.7. The number of rotatable bonds is 9. The second-order valence-electron chi connectivity index (χ2n) is 3.62. The number of amides is 1. The lowest BCUT2D eigenvalue weighted by Gasteiger charge is -2.20. The van der Waals surface area contributed by atoms with Gasteiger partial charge >= 0.3 is 0 Å². The van der Waals surface area contributed by atoms with Gasteiger partial charge in [0.15, 0.2) is 0 Å². The van der Waals surface area contributed by atoms with Crippen molar-refractivity contribution >= 4 is 5.91 Å². The van der Waals surface area contributed by atoms with Gasteiger partial charge in [0.1, 0.15) is 0 Å². The molecule has 15 heavy (non-hydrogen) atoms. The van der Waals surface area contributed by atoms with E-state index in [0.29, 0.717) is 19.7 Å². The van der Waals surface area contributed by atoms with Crippen LogP contribution in [0.1, 0.15) is 26.7 Å². The molecule has 0 heterocycles. The molecule has 0 spiro atoms. The Hall–Kier alpha value is -0.610. The molecule has 0 saturated heterocycles. The van der Waals surface area contributed by atoms with Crippen molar-refractivity contribution in [1.29, 1.82) is 0 Å². The summed E-state index contributed by atoms with van der Waals surface area (Å²) in [6.07, 6.45) is 2.18. The third-order valence-electron chi connectivity index (χ3n) is 2.08. The zero-order valence-electron chi connectivity index (χ0n) is 10.2. The quantitative estimate of drug-likeness (QED) is 0.582. The molecule has 0 aromatic rings. The number of hydrogen-bond acceptors (Lipinski definition) is 3. The fraction of sp³-hybridized carbons (Fsp3) is 0.909. The Morgan fingerprint density at radius 3 is 2.33 bits per heavy atom. The predicted molar refractivity (Wildman–Crippen MR) is 61.9 cm³/mol. The van der Waals surface area contributed by atoms with E-state index >= 15 is 0 Å². The first kappa shape index (κ1) is 14.4. The smallest absolute Gasteiger partial charge is 0.234 e. The summed E-state index contributed by atoms with van der Waals surface area (Å²) in [6, 6.07) is 0. The molecule has 0 unspecified atom stereocenters. The van der Waals surface area contributed by atoms with Gasteiger partial charge in [0.25, 0.3) is 0 Å². The van der Waals surface area contributed by atoms with Crippen LogP contribution < -0.4 is 5.32 Å². The molecule has 0 aliphatic carbocycles. The largest absolute Gasteiger partial charge is 0.383 e. The molecule has 4 heteroatoms. The van der Waals surface area contributed by atoms with Crippen molar-refractivity contribution in [2.24, 2.45) is 0 Å². The van der Waals surface area contributed by atoms with Crippen LogP contribution in [-0.2, 0) is 9.53 Å². The number of carbonyl (C=O) groups is 1. The summed E-state index contributed by atoms with van der Waals surface area (Å²) in [4.78, 5) is 13.7. The van der Waals surface area contributed by atoms with E-state index in [4.69, 9.17) is 4.74 Å². The summed E-state index contributed by atoms with van der Waals surface area (Å²) in [5.74, 6) is 0.0916. The molecular formula is C11H24N2O2. The molecule has 0 saturated carbocycles. The minimum Gasteiger partial charge on any atom is -0.383 e. The lowest BCUT2D eigenvalue weighted by molar-refractivity contribution is -0.122. The Labute approximate surface area is 93.0 Å². The molecule has 1 N–H and O–H groups in total. The molecule has 0 aliphatic heterocycles. The first-order valence-corrected chi connectivity index (χ1v) is 5.72. The van der Waals surface area contributed by atoms with E-state index in [0.717, 1.165) is 25.9 Å². The zero-order chi connectivity index (χ0) is 11.5. The topological polar surface area (TPSA) is 41.6 Å². The van der Waals surface area contributed by atoms with Crippen molar-refractivity contribution < 1.29 is 9.53 Å². The maximum absolute atomic E-state index is 11.5. The minimum absolute atomic E-state index is 0.0916. The second-order valence-corrected chi connectivity index (χ2v) is 3.62. The van der Waals surface area contributed by atoms with Crippen molar-refractivity contribution in [1.82, 2.24) is 10.2 Å². The van der Waals surface area contributed by atoms with E-state index in [-0.39, 0.29) is 5.91 Å². The Bertz CT molecular complexity index is 157. The van der Waals surface area contributed by atoms with Crippen LogP contribution in [0.3, 0.4) is 0 Å². The van der Waals surface area contributed by atoms with Crippen molar-refractivity contribution in [3.8, 4) is 0 Å². The summed E-state index contributed by atoms with van der Waals surface area (Å²) < 4.78 is 4.86. The van der Waals surface area contributed by atoms with Gasteiger partial charge in [0.05, 0.1) is 13.2 Å². The SMILES string of the molecule is CCCN(CCC)CC(=O)NCCOC. The van der Waals surface area contributed by atoms with Crippen LogP contribution in [-0.4, -0.2) is 50.7 Å². The number of carbonyl (C=O) groups excluding carboxylic acids is 1. The molecule has 90 valence electrons. The third-order valence-corrected chi connectivity index (χ3v) is 2.08. The van der Waals surface area contributed by atoms with Gasteiger partial charge < -0.3 is 10.1 Å². The Morgan fingerprint density at radius 1 is 1.27 bits per heavy atom. The predicted octanol–water partition coefficient (Wildman–Crippen LogP) is 0.871. The maximum atomic E-state index is 11.5. The first-order valence-electron chi connectivity index (χ1n) is 5.72. The number of methoxy groups -OCH3 is 1. The van der Waals surface area contributed by atoms with Crippen LogP contribution in [0.15, 0.2) is 0 Å². The van der Waals surface area contributed by atoms with Gasteiger partial charge in [-0.2, -0.15) is 0 Å². The third kappa shape index (κ3) is 8.39. The molecule has 0 aromatic heterocycles. The van der Waals surface area contributed by atoms with Gasteiger partial charge in [-0.05, 0) is 25.9 Å². The van der Waals surface area contributed by atoms with Gasteiger partial charge in [-0.1, -0.05) is 13.8 Å². The van der Waals surface area contributed by atoms with Crippen LogP contribution in [0.2, 0.25) is 0 Å². The molecule has 0 aromatic carbocycles. The number of hydrogen-bond donors (Lipinski definition) is 1. The molecule has 0 bridgehead atoms. The van der Waals surface area contributed by atoms with E-state index in [9.17, 15) is 4.79 Å².